The van der Waals surface area contributed by atoms with Crippen LogP contribution in [0.2, 0.25) is 0 Å². The number of carbonyl (C=O) groups is 4. The summed E-state index contributed by atoms with van der Waals surface area (Å²) < 4.78 is 8.65. The van der Waals surface area contributed by atoms with E-state index >= 15 is 0 Å². The van der Waals surface area contributed by atoms with Gasteiger partial charge in [-0.05, 0) is 0 Å². The van der Waals surface area contributed by atoms with E-state index in [2.05, 4.69) is 9.47 Å². The molecule has 0 aliphatic carbocycles. The third-order valence-electron chi connectivity index (χ3n) is 2.23. The van der Waals surface area contributed by atoms with E-state index in [0.29, 0.717) is 6.29 Å². The Hall–Kier alpha value is -1.72. The lowest BCUT2D eigenvalue weighted by Crippen LogP contribution is -2.24. The largest absolute Gasteiger partial charge is 0.469 e. The van der Waals surface area contributed by atoms with Gasteiger partial charge in [0.1, 0.15) is 6.29 Å². The summed E-state index contributed by atoms with van der Waals surface area (Å²) in [5.41, 5.74) is 0. The summed E-state index contributed by atoms with van der Waals surface area (Å²) in [4.78, 5) is 43.4. The summed E-state index contributed by atoms with van der Waals surface area (Å²) in [6, 6.07) is 0. The standard InChI is InChI=1S/C9H10O6/c1-14-7(11)2-5(4-10)6-3-8(12)15-9(6)13/h4-6H,2-3H2,1H3. The molecule has 0 radical (unpaired) electrons. The molecule has 82 valence electrons. The zero-order valence-electron chi connectivity index (χ0n) is 8.10. The summed E-state index contributed by atoms with van der Waals surface area (Å²) in [5, 5.41) is 0. The molecular weight excluding hydrogens is 204 g/mol. The first-order valence-electron chi connectivity index (χ1n) is 4.35. The van der Waals surface area contributed by atoms with Crippen LogP contribution in [0.15, 0.2) is 0 Å². The average molecular weight is 214 g/mol. The highest BCUT2D eigenvalue weighted by molar-refractivity contribution is 5.96. The van der Waals surface area contributed by atoms with Gasteiger partial charge in [-0.2, -0.15) is 0 Å². The van der Waals surface area contributed by atoms with Gasteiger partial charge < -0.3 is 14.3 Å². The first kappa shape index (κ1) is 11.4. The van der Waals surface area contributed by atoms with E-state index in [1.54, 1.807) is 0 Å². The van der Waals surface area contributed by atoms with Gasteiger partial charge in [-0.3, -0.25) is 14.4 Å². The molecule has 1 aliphatic heterocycles. The van der Waals surface area contributed by atoms with Crippen molar-refractivity contribution in [1.29, 1.82) is 0 Å². The second-order valence-electron chi connectivity index (χ2n) is 3.18. The molecule has 6 nitrogen and oxygen atoms in total. The molecule has 1 aliphatic rings. The van der Waals surface area contributed by atoms with Gasteiger partial charge in [0.25, 0.3) is 0 Å². The van der Waals surface area contributed by atoms with E-state index in [-0.39, 0.29) is 12.8 Å². The number of cyclic esters (lactones) is 2. The lowest BCUT2D eigenvalue weighted by molar-refractivity contribution is -0.154. The van der Waals surface area contributed by atoms with Crippen molar-refractivity contribution in [2.24, 2.45) is 11.8 Å². The highest BCUT2D eigenvalue weighted by atomic mass is 16.6. The molecule has 0 bridgehead atoms. The molecule has 2 unspecified atom stereocenters. The van der Waals surface area contributed by atoms with Crippen molar-refractivity contribution in [3.05, 3.63) is 0 Å². The fourth-order valence-corrected chi connectivity index (χ4v) is 1.38. The molecule has 15 heavy (non-hydrogen) atoms. The third kappa shape index (κ3) is 2.61. The topological polar surface area (TPSA) is 86.7 Å². The predicted molar refractivity (Wildman–Crippen MR) is 45.4 cm³/mol. The zero-order valence-corrected chi connectivity index (χ0v) is 8.10. The molecule has 1 fully saturated rings. The molecule has 1 heterocycles. The fourth-order valence-electron chi connectivity index (χ4n) is 1.38. The SMILES string of the molecule is COC(=O)CC(C=O)C1CC(=O)OC1=O. The van der Waals surface area contributed by atoms with Gasteiger partial charge in [0.2, 0.25) is 0 Å². The van der Waals surface area contributed by atoms with Gasteiger partial charge in [0, 0.05) is 5.92 Å². The van der Waals surface area contributed by atoms with Crippen LogP contribution >= 0.6 is 0 Å². The van der Waals surface area contributed by atoms with Crippen LogP contribution in [0.25, 0.3) is 0 Å². The summed E-state index contributed by atoms with van der Waals surface area (Å²) >= 11 is 0. The molecular formula is C9H10O6. The number of methoxy groups -OCH3 is 1. The second kappa shape index (κ2) is 4.68. The number of carbonyl (C=O) groups excluding carboxylic acids is 4. The third-order valence-corrected chi connectivity index (χ3v) is 2.23. The summed E-state index contributed by atoms with van der Waals surface area (Å²) in [6.07, 6.45) is 0.105. The Kier molecular flexibility index (Phi) is 3.54. The summed E-state index contributed by atoms with van der Waals surface area (Å²) in [6.45, 7) is 0. The summed E-state index contributed by atoms with van der Waals surface area (Å²) in [5.74, 6) is -3.72. The Morgan fingerprint density at radius 1 is 1.67 bits per heavy atom. The van der Waals surface area contributed by atoms with E-state index in [0.717, 1.165) is 0 Å². The van der Waals surface area contributed by atoms with Gasteiger partial charge in [0.15, 0.2) is 0 Å². The van der Waals surface area contributed by atoms with E-state index < -0.39 is 29.7 Å². The predicted octanol–water partition coefficient (Wildman–Crippen LogP) is -0.546. The van der Waals surface area contributed by atoms with Crippen LogP contribution in [0.4, 0.5) is 0 Å². The maximum atomic E-state index is 11.1. The van der Waals surface area contributed by atoms with Crippen molar-refractivity contribution in [2.75, 3.05) is 7.11 Å². The molecule has 0 N–H and O–H groups in total. The maximum Gasteiger partial charge on any atom is 0.317 e. The van der Waals surface area contributed by atoms with E-state index in [1.807, 2.05) is 0 Å². The number of ether oxygens (including phenoxy) is 2. The Bertz CT molecular complexity index is 308. The second-order valence-corrected chi connectivity index (χ2v) is 3.18. The smallest absolute Gasteiger partial charge is 0.317 e. The van der Waals surface area contributed by atoms with Crippen LogP contribution < -0.4 is 0 Å². The zero-order chi connectivity index (χ0) is 11.4. The molecule has 2 atom stereocenters. The van der Waals surface area contributed by atoms with Gasteiger partial charge in [-0.25, -0.2) is 0 Å². The summed E-state index contributed by atoms with van der Waals surface area (Å²) in [7, 11) is 1.18. The Morgan fingerprint density at radius 3 is 2.73 bits per heavy atom. The molecule has 1 rings (SSSR count). The molecule has 0 aromatic heterocycles. The molecule has 0 saturated carbocycles. The minimum absolute atomic E-state index is 0.154. The van der Waals surface area contributed by atoms with Crippen molar-refractivity contribution >= 4 is 24.2 Å². The number of esters is 3. The van der Waals surface area contributed by atoms with Crippen LogP contribution in [0.1, 0.15) is 12.8 Å². The van der Waals surface area contributed by atoms with Crippen LogP contribution in [0, 0.1) is 11.8 Å². The Morgan fingerprint density at radius 2 is 2.33 bits per heavy atom. The van der Waals surface area contributed by atoms with E-state index in [9.17, 15) is 19.2 Å². The van der Waals surface area contributed by atoms with Gasteiger partial charge in [-0.15, -0.1) is 0 Å². The number of hydrogen-bond donors (Lipinski definition) is 0. The first-order valence-corrected chi connectivity index (χ1v) is 4.35. The van der Waals surface area contributed by atoms with E-state index in [4.69, 9.17) is 0 Å². The minimum atomic E-state index is -0.853. The minimum Gasteiger partial charge on any atom is -0.469 e. The van der Waals surface area contributed by atoms with Crippen molar-refractivity contribution in [3.63, 3.8) is 0 Å². The van der Waals surface area contributed by atoms with Crippen molar-refractivity contribution < 1.29 is 28.7 Å². The number of rotatable bonds is 4. The molecule has 0 aromatic rings. The average Bonchev–Trinajstić information content (AvgIpc) is 2.54. The van der Waals surface area contributed by atoms with Crippen LogP contribution in [0.3, 0.4) is 0 Å². The molecule has 0 amide bonds. The van der Waals surface area contributed by atoms with Gasteiger partial charge >= 0.3 is 17.9 Å². The lowest BCUT2D eigenvalue weighted by atomic mass is 9.89. The Labute approximate surface area is 85.5 Å². The van der Waals surface area contributed by atoms with Gasteiger partial charge in [-0.1, -0.05) is 0 Å². The lowest BCUT2D eigenvalue weighted by Gasteiger charge is -2.11. The van der Waals surface area contributed by atoms with Crippen LogP contribution in [0.5, 0.6) is 0 Å². The fraction of sp³-hybridized carbons (Fsp3) is 0.556. The maximum absolute atomic E-state index is 11.1. The molecule has 0 spiro atoms. The van der Waals surface area contributed by atoms with Crippen molar-refractivity contribution in [3.8, 4) is 0 Å². The molecule has 1 saturated heterocycles. The highest BCUT2D eigenvalue weighted by Gasteiger charge is 2.40. The van der Waals surface area contributed by atoms with Crippen molar-refractivity contribution in [1.82, 2.24) is 0 Å². The number of aldehydes is 1. The van der Waals surface area contributed by atoms with Crippen LogP contribution in [-0.2, 0) is 28.7 Å². The molecule has 6 heteroatoms. The monoisotopic (exact) mass is 214 g/mol. The van der Waals surface area contributed by atoms with Gasteiger partial charge in [0.05, 0.1) is 25.9 Å². The number of hydrogen-bond acceptors (Lipinski definition) is 6. The van der Waals surface area contributed by atoms with Crippen molar-refractivity contribution in [2.45, 2.75) is 12.8 Å². The normalized spacial score (nSPS) is 22.1. The van der Waals surface area contributed by atoms with E-state index in [1.165, 1.54) is 7.11 Å². The quantitative estimate of drug-likeness (QED) is 0.354. The first-order chi connectivity index (χ1) is 7.08. The Balaban J connectivity index is 2.66. The molecule has 0 aromatic carbocycles. The highest BCUT2D eigenvalue weighted by Crippen LogP contribution is 2.25. The van der Waals surface area contributed by atoms with Crippen LogP contribution in [-0.4, -0.2) is 31.3 Å².